The maximum absolute atomic E-state index is 14.0. The van der Waals surface area contributed by atoms with Crippen molar-refractivity contribution in [1.82, 2.24) is 4.31 Å². The first-order valence-corrected chi connectivity index (χ1v) is 12.0. The van der Waals surface area contributed by atoms with Crippen LogP contribution in [0.1, 0.15) is 12.8 Å². The van der Waals surface area contributed by atoms with Gasteiger partial charge >= 0.3 is 0 Å². The first kappa shape index (κ1) is 23.8. The van der Waals surface area contributed by atoms with Gasteiger partial charge in [-0.1, -0.05) is 6.07 Å². The molecule has 0 radical (unpaired) electrons. The first-order chi connectivity index (χ1) is 16.2. The maximum atomic E-state index is 14.0. The molecule has 3 aromatic carbocycles. The zero-order valence-corrected chi connectivity index (χ0v) is 18.7. The number of piperidine rings is 1. The summed E-state index contributed by atoms with van der Waals surface area (Å²) in [4.78, 5) is 11.9. The third kappa shape index (κ3) is 5.40. The lowest BCUT2D eigenvalue weighted by molar-refractivity contribution is -0.120. The Hall–Kier alpha value is -3.37. The number of ether oxygens (including phenoxy) is 1. The van der Waals surface area contributed by atoms with E-state index in [9.17, 15) is 26.4 Å². The van der Waals surface area contributed by atoms with E-state index in [4.69, 9.17) is 4.74 Å². The predicted molar refractivity (Wildman–Crippen MR) is 119 cm³/mol. The fourth-order valence-corrected chi connectivity index (χ4v) is 5.24. The van der Waals surface area contributed by atoms with Gasteiger partial charge in [0.1, 0.15) is 33.8 Å². The topological polar surface area (TPSA) is 75.7 Å². The normalized spacial score (nSPS) is 15.1. The Labute approximate surface area is 195 Å². The zero-order chi connectivity index (χ0) is 24.3. The minimum absolute atomic E-state index is 0.0107. The van der Waals surface area contributed by atoms with Gasteiger partial charge < -0.3 is 10.1 Å². The molecule has 1 N–H and O–H groups in total. The Kier molecular flexibility index (Phi) is 6.90. The van der Waals surface area contributed by atoms with E-state index in [0.717, 1.165) is 16.4 Å². The standard InChI is InChI=1S/C24H21F3N2O4S/c25-17-2-1-3-21(14-17)33-20-7-5-19(6-8-20)28-24(30)16-10-12-29(13-11-16)34(31,32)23-15-18(26)4-9-22(23)27/h1-9,14-16H,10-13H2,(H,28,30). The number of carbonyl (C=O) groups excluding carboxylic acids is 1. The van der Waals surface area contributed by atoms with Crippen molar-refractivity contribution in [3.05, 3.63) is 84.2 Å². The second-order valence-corrected chi connectivity index (χ2v) is 9.73. The van der Waals surface area contributed by atoms with E-state index in [1.807, 2.05) is 0 Å². The van der Waals surface area contributed by atoms with Crippen molar-refractivity contribution < 1.29 is 31.1 Å². The van der Waals surface area contributed by atoms with E-state index in [1.165, 1.54) is 18.2 Å². The van der Waals surface area contributed by atoms with E-state index in [-0.39, 0.29) is 31.8 Å². The summed E-state index contributed by atoms with van der Waals surface area (Å²) in [6, 6.07) is 14.5. The summed E-state index contributed by atoms with van der Waals surface area (Å²) in [5.41, 5.74) is 0.522. The number of rotatable bonds is 6. The lowest BCUT2D eigenvalue weighted by Crippen LogP contribution is -2.41. The van der Waals surface area contributed by atoms with Gasteiger partial charge in [-0.05, 0) is 67.4 Å². The van der Waals surface area contributed by atoms with Crippen LogP contribution < -0.4 is 10.1 Å². The van der Waals surface area contributed by atoms with Crippen molar-refractivity contribution in [3.8, 4) is 11.5 Å². The van der Waals surface area contributed by atoms with Crippen LogP contribution >= 0.6 is 0 Å². The van der Waals surface area contributed by atoms with Crippen molar-refractivity contribution >= 4 is 21.6 Å². The minimum Gasteiger partial charge on any atom is -0.457 e. The smallest absolute Gasteiger partial charge is 0.246 e. The summed E-state index contributed by atoms with van der Waals surface area (Å²) < 4.78 is 72.7. The average molecular weight is 491 g/mol. The molecule has 10 heteroatoms. The van der Waals surface area contributed by atoms with Crippen molar-refractivity contribution in [2.24, 2.45) is 5.92 Å². The Morgan fingerprint density at radius 2 is 1.56 bits per heavy atom. The van der Waals surface area contributed by atoms with Gasteiger partial charge in [0.25, 0.3) is 0 Å². The highest BCUT2D eigenvalue weighted by Gasteiger charge is 2.33. The van der Waals surface area contributed by atoms with E-state index < -0.39 is 38.3 Å². The van der Waals surface area contributed by atoms with E-state index in [1.54, 1.807) is 30.3 Å². The number of sulfonamides is 1. The first-order valence-electron chi connectivity index (χ1n) is 10.5. The Morgan fingerprint density at radius 1 is 0.882 bits per heavy atom. The van der Waals surface area contributed by atoms with Gasteiger partial charge in [0.2, 0.25) is 15.9 Å². The van der Waals surface area contributed by atoms with E-state index >= 15 is 0 Å². The summed E-state index contributed by atoms with van der Waals surface area (Å²) in [6.07, 6.45) is 0.478. The quantitative estimate of drug-likeness (QED) is 0.531. The molecule has 178 valence electrons. The summed E-state index contributed by atoms with van der Waals surface area (Å²) >= 11 is 0. The van der Waals surface area contributed by atoms with Gasteiger partial charge in [0.15, 0.2) is 0 Å². The highest BCUT2D eigenvalue weighted by Crippen LogP contribution is 2.28. The number of nitrogens with zero attached hydrogens (tertiary/aromatic N) is 1. The Bertz CT molecular complexity index is 1290. The largest absolute Gasteiger partial charge is 0.457 e. The SMILES string of the molecule is O=C(Nc1ccc(Oc2cccc(F)c2)cc1)C1CCN(S(=O)(=O)c2cc(F)ccc2F)CC1. The van der Waals surface area contributed by atoms with E-state index in [2.05, 4.69) is 5.32 Å². The number of benzene rings is 3. The van der Waals surface area contributed by atoms with Crippen LogP contribution in [0.4, 0.5) is 18.9 Å². The molecule has 1 aliphatic rings. The van der Waals surface area contributed by atoms with Crippen LogP contribution in [0.15, 0.2) is 71.6 Å². The summed E-state index contributed by atoms with van der Waals surface area (Å²) in [5, 5.41) is 2.78. The van der Waals surface area contributed by atoms with Crippen molar-refractivity contribution in [2.75, 3.05) is 18.4 Å². The highest BCUT2D eigenvalue weighted by molar-refractivity contribution is 7.89. The maximum Gasteiger partial charge on any atom is 0.246 e. The summed E-state index contributed by atoms with van der Waals surface area (Å²) in [7, 11) is -4.21. The molecule has 0 saturated carbocycles. The molecule has 3 aromatic rings. The van der Waals surface area contributed by atoms with Crippen LogP contribution in [0.3, 0.4) is 0 Å². The summed E-state index contributed by atoms with van der Waals surface area (Å²) in [5.74, 6) is -2.18. The Balaban J connectivity index is 1.33. The molecule has 1 fully saturated rings. The van der Waals surface area contributed by atoms with Gasteiger partial charge in [0, 0.05) is 30.8 Å². The zero-order valence-electron chi connectivity index (χ0n) is 17.9. The lowest BCUT2D eigenvalue weighted by atomic mass is 9.97. The second kappa shape index (κ2) is 9.86. The molecule has 1 saturated heterocycles. The Morgan fingerprint density at radius 3 is 2.24 bits per heavy atom. The van der Waals surface area contributed by atoms with Crippen LogP contribution in [-0.2, 0) is 14.8 Å². The van der Waals surface area contributed by atoms with Crippen LogP contribution in [-0.4, -0.2) is 31.7 Å². The highest BCUT2D eigenvalue weighted by atomic mass is 32.2. The van der Waals surface area contributed by atoms with Gasteiger partial charge in [-0.3, -0.25) is 4.79 Å². The van der Waals surface area contributed by atoms with E-state index in [0.29, 0.717) is 23.3 Å². The molecule has 1 heterocycles. The molecule has 6 nitrogen and oxygen atoms in total. The molecule has 0 bridgehead atoms. The molecule has 0 atom stereocenters. The number of nitrogens with one attached hydrogen (secondary N) is 1. The molecule has 1 amide bonds. The fraction of sp³-hybridized carbons (Fsp3) is 0.208. The minimum atomic E-state index is -4.21. The van der Waals surface area contributed by atoms with Gasteiger partial charge in [0.05, 0.1) is 0 Å². The van der Waals surface area contributed by atoms with Crippen molar-refractivity contribution in [1.29, 1.82) is 0 Å². The van der Waals surface area contributed by atoms with Crippen LogP contribution in [0, 0.1) is 23.4 Å². The van der Waals surface area contributed by atoms with Gasteiger partial charge in [-0.2, -0.15) is 4.31 Å². The van der Waals surface area contributed by atoms with Gasteiger partial charge in [-0.15, -0.1) is 0 Å². The monoisotopic (exact) mass is 490 g/mol. The third-order valence-corrected chi connectivity index (χ3v) is 7.40. The molecular formula is C24H21F3N2O4S. The average Bonchev–Trinajstić information content (AvgIpc) is 2.82. The van der Waals surface area contributed by atoms with Gasteiger partial charge in [-0.25, -0.2) is 21.6 Å². The molecule has 34 heavy (non-hydrogen) atoms. The summed E-state index contributed by atoms with van der Waals surface area (Å²) in [6.45, 7) is 0.0214. The molecule has 0 aromatic heterocycles. The second-order valence-electron chi connectivity index (χ2n) is 7.83. The number of amides is 1. The molecular weight excluding hydrogens is 469 g/mol. The molecule has 0 unspecified atom stereocenters. The number of carbonyl (C=O) groups is 1. The molecule has 4 rings (SSSR count). The number of halogens is 3. The molecule has 0 spiro atoms. The van der Waals surface area contributed by atoms with Crippen LogP contribution in [0.2, 0.25) is 0 Å². The molecule has 0 aliphatic carbocycles. The van der Waals surface area contributed by atoms with Crippen molar-refractivity contribution in [2.45, 2.75) is 17.7 Å². The third-order valence-electron chi connectivity index (χ3n) is 5.49. The lowest BCUT2D eigenvalue weighted by Gasteiger charge is -2.30. The number of anilines is 1. The van der Waals surface area contributed by atoms with Crippen molar-refractivity contribution in [3.63, 3.8) is 0 Å². The van der Waals surface area contributed by atoms with Crippen LogP contribution in [0.5, 0.6) is 11.5 Å². The predicted octanol–water partition coefficient (Wildman–Crippen LogP) is 4.94. The number of hydrogen-bond acceptors (Lipinski definition) is 4. The number of hydrogen-bond donors (Lipinski definition) is 1. The van der Waals surface area contributed by atoms with Crippen LogP contribution in [0.25, 0.3) is 0 Å². The fourth-order valence-electron chi connectivity index (χ4n) is 3.69. The molecule has 1 aliphatic heterocycles.